The fourth-order valence-corrected chi connectivity index (χ4v) is 4.05. The fourth-order valence-electron chi connectivity index (χ4n) is 3.22. The van der Waals surface area contributed by atoms with Crippen LogP contribution in [0.3, 0.4) is 0 Å². The number of methoxy groups -OCH3 is 1. The second-order valence-electron chi connectivity index (χ2n) is 6.72. The number of benzene rings is 3. The molecule has 0 atom stereocenters. The Bertz CT molecular complexity index is 1210. The molecular formula is C23H16F3NO2S. The number of aromatic nitrogens is 1. The number of halogens is 3. The van der Waals surface area contributed by atoms with E-state index in [9.17, 15) is 18.0 Å². The largest absolute Gasteiger partial charge is 0.469 e. The number of carbonyl (C=O) groups excluding carboxylic acids is 1. The SMILES string of the molecule is COC(=O)Cc1cccc2ccc(-c3csc(-c4ccc(C(F)(F)F)cc4)n3)cc12. The van der Waals surface area contributed by atoms with Gasteiger partial charge in [-0.25, -0.2) is 4.98 Å². The topological polar surface area (TPSA) is 39.2 Å². The number of thiazole rings is 1. The van der Waals surface area contributed by atoms with E-state index in [1.165, 1.54) is 30.6 Å². The molecule has 30 heavy (non-hydrogen) atoms. The maximum Gasteiger partial charge on any atom is 0.416 e. The fraction of sp³-hybridized carbons (Fsp3) is 0.130. The molecule has 152 valence electrons. The first kappa shape index (κ1) is 20.1. The van der Waals surface area contributed by atoms with E-state index in [1.54, 1.807) is 0 Å². The lowest BCUT2D eigenvalue weighted by Crippen LogP contribution is -2.04. The predicted molar refractivity (Wildman–Crippen MR) is 111 cm³/mol. The molecule has 7 heteroatoms. The number of ether oxygens (including phenoxy) is 1. The molecule has 1 heterocycles. The Kier molecular flexibility index (Phi) is 5.30. The minimum absolute atomic E-state index is 0.172. The zero-order chi connectivity index (χ0) is 21.3. The van der Waals surface area contributed by atoms with E-state index < -0.39 is 11.7 Å². The summed E-state index contributed by atoms with van der Waals surface area (Å²) in [4.78, 5) is 16.3. The Morgan fingerprint density at radius 3 is 2.47 bits per heavy atom. The first-order chi connectivity index (χ1) is 14.3. The maximum atomic E-state index is 12.8. The normalized spacial score (nSPS) is 11.6. The van der Waals surface area contributed by atoms with Gasteiger partial charge in [-0.2, -0.15) is 13.2 Å². The average Bonchev–Trinajstić information content (AvgIpc) is 3.23. The predicted octanol–water partition coefficient (Wildman–Crippen LogP) is 6.36. The lowest BCUT2D eigenvalue weighted by atomic mass is 9.99. The number of hydrogen-bond acceptors (Lipinski definition) is 4. The molecule has 0 saturated carbocycles. The van der Waals surface area contributed by atoms with Gasteiger partial charge in [-0.1, -0.05) is 42.5 Å². The number of rotatable bonds is 4. The molecule has 0 saturated heterocycles. The van der Waals surface area contributed by atoms with Crippen molar-refractivity contribution in [2.24, 2.45) is 0 Å². The van der Waals surface area contributed by atoms with Gasteiger partial charge in [0.1, 0.15) is 5.01 Å². The molecule has 4 rings (SSSR count). The summed E-state index contributed by atoms with van der Waals surface area (Å²) in [6.07, 6.45) is -4.19. The van der Waals surface area contributed by atoms with Gasteiger partial charge >= 0.3 is 12.1 Å². The Labute approximate surface area is 174 Å². The van der Waals surface area contributed by atoms with E-state index in [-0.39, 0.29) is 12.4 Å². The van der Waals surface area contributed by atoms with Gasteiger partial charge in [0.05, 0.1) is 24.8 Å². The van der Waals surface area contributed by atoms with E-state index in [0.29, 0.717) is 10.6 Å². The first-order valence-electron chi connectivity index (χ1n) is 9.07. The summed E-state index contributed by atoms with van der Waals surface area (Å²) in [6, 6.07) is 16.6. The zero-order valence-corrected chi connectivity index (χ0v) is 16.7. The van der Waals surface area contributed by atoms with Crippen molar-refractivity contribution in [3.05, 3.63) is 77.2 Å². The van der Waals surface area contributed by atoms with Crippen LogP contribution in [0.25, 0.3) is 32.6 Å². The number of carbonyl (C=O) groups is 1. The highest BCUT2D eigenvalue weighted by Crippen LogP contribution is 2.34. The lowest BCUT2D eigenvalue weighted by Gasteiger charge is -2.07. The quantitative estimate of drug-likeness (QED) is 0.356. The van der Waals surface area contributed by atoms with Crippen molar-refractivity contribution in [1.29, 1.82) is 0 Å². The van der Waals surface area contributed by atoms with Crippen LogP contribution in [0.2, 0.25) is 0 Å². The van der Waals surface area contributed by atoms with E-state index in [1.807, 2.05) is 41.8 Å². The van der Waals surface area contributed by atoms with Crippen LogP contribution >= 0.6 is 11.3 Å². The van der Waals surface area contributed by atoms with Crippen molar-refractivity contribution in [2.75, 3.05) is 7.11 Å². The molecule has 1 aromatic heterocycles. The maximum absolute atomic E-state index is 12.8. The van der Waals surface area contributed by atoms with Crippen LogP contribution in [0.5, 0.6) is 0 Å². The van der Waals surface area contributed by atoms with Gasteiger partial charge in [0, 0.05) is 16.5 Å². The van der Waals surface area contributed by atoms with Gasteiger partial charge in [-0.15, -0.1) is 11.3 Å². The molecule has 0 radical (unpaired) electrons. The Balaban J connectivity index is 1.67. The van der Waals surface area contributed by atoms with Crippen LogP contribution < -0.4 is 0 Å². The lowest BCUT2D eigenvalue weighted by molar-refractivity contribution is -0.140. The van der Waals surface area contributed by atoms with Crippen molar-refractivity contribution in [1.82, 2.24) is 4.98 Å². The Morgan fingerprint density at radius 1 is 1.03 bits per heavy atom. The van der Waals surface area contributed by atoms with Crippen molar-refractivity contribution in [3.63, 3.8) is 0 Å². The van der Waals surface area contributed by atoms with E-state index in [0.717, 1.165) is 39.7 Å². The summed E-state index contributed by atoms with van der Waals surface area (Å²) >= 11 is 1.37. The molecule has 0 N–H and O–H groups in total. The third-order valence-corrected chi connectivity index (χ3v) is 5.69. The van der Waals surface area contributed by atoms with Gasteiger partial charge < -0.3 is 4.74 Å². The summed E-state index contributed by atoms with van der Waals surface area (Å²) in [5.74, 6) is -0.314. The second-order valence-corrected chi connectivity index (χ2v) is 7.58. The molecule has 0 fully saturated rings. The highest BCUT2D eigenvalue weighted by atomic mass is 32.1. The van der Waals surface area contributed by atoms with E-state index in [2.05, 4.69) is 4.98 Å². The van der Waals surface area contributed by atoms with Gasteiger partial charge in [0.25, 0.3) is 0 Å². The van der Waals surface area contributed by atoms with Gasteiger partial charge in [0.15, 0.2) is 0 Å². The zero-order valence-electron chi connectivity index (χ0n) is 15.9. The third kappa shape index (κ3) is 4.07. The smallest absolute Gasteiger partial charge is 0.416 e. The molecule has 0 aliphatic carbocycles. The Morgan fingerprint density at radius 2 is 1.77 bits per heavy atom. The summed E-state index contributed by atoms with van der Waals surface area (Å²) in [5.41, 5.74) is 2.40. The van der Waals surface area contributed by atoms with Gasteiger partial charge in [0.2, 0.25) is 0 Å². The van der Waals surface area contributed by atoms with Crippen molar-refractivity contribution < 1.29 is 22.7 Å². The molecule has 0 aliphatic heterocycles. The van der Waals surface area contributed by atoms with Crippen LogP contribution in [0, 0.1) is 0 Å². The molecule has 0 unspecified atom stereocenters. The summed E-state index contributed by atoms with van der Waals surface area (Å²) < 4.78 is 43.1. The molecule has 0 aliphatic rings. The molecular weight excluding hydrogens is 411 g/mol. The highest BCUT2D eigenvalue weighted by Gasteiger charge is 2.30. The highest BCUT2D eigenvalue weighted by molar-refractivity contribution is 7.13. The van der Waals surface area contributed by atoms with Crippen LogP contribution in [0.15, 0.2) is 66.0 Å². The monoisotopic (exact) mass is 427 g/mol. The van der Waals surface area contributed by atoms with E-state index >= 15 is 0 Å². The number of hydrogen-bond donors (Lipinski definition) is 0. The molecule has 0 bridgehead atoms. The number of esters is 1. The first-order valence-corrected chi connectivity index (χ1v) is 9.95. The van der Waals surface area contributed by atoms with Gasteiger partial charge in [-0.05, 0) is 34.5 Å². The minimum atomic E-state index is -4.36. The molecule has 0 spiro atoms. The standard InChI is InChI=1S/C23H16F3NO2S/c1-29-21(28)12-16-4-2-3-14-5-6-17(11-19(14)16)20-13-30-22(27-20)15-7-9-18(10-8-15)23(24,25)26/h2-11,13H,12H2,1H3. The molecule has 4 aromatic rings. The van der Waals surface area contributed by atoms with E-state index in [4.69, 9.17) is 4.74 Å². The average molecular weight is 427 g/mol. The minimum Gasteiger partial charge on any atom is -0.469 e. The Hall–Kier alpha value is -3.19. The summed E-state index contributed by atoms with van der Waals surface area (Å²) in [7, 11) is 1.36. The van der Waals surface area contributed by atoms with Gasteiger partial charge in [-0.3, -0.25) is 4.79 Å². The number of fused-ring (bicyclic) bond motifs is 1. The van der Waals surface area contributed by atoms with Crippen LogP contribution in [0.4, 0.5) is 13.2 Å². The van der Waals surface area contributed by atoms with Crippen LogP contribution in [-0.2, 0) is 22.1 Å². The summed E-state index contributed by atoms with van der Waals surface area (Å²) in [5, 5.41) is 4.45. The molecule has 3 nitrogen and oxygen atoms in total. The number of alkyl halides is 3. The molecule has 3 aromatic carbocycles. The van der Waals surface area contributed by atoms with Crippen LogP contribution in [-0.4, -0.2) is 18.1 Å². The summed E-state index contributed by atoms with van der Waals surface area (Å²) in [6.45, 7) is 0. The second kappa shape index (κ2) is 7.91. The third-order valence-electron chi connectivity index (χ3n) is 4.79. The molecule has 0 amide bonds. The van der Waals surface area contributed by atoms with Crippen molar-refractivity contribution in [2.45, 2.75) is 12.6 Å². The van der Waals surface area contributed by atoms with Crippen molar-refractivity contribution in [3.8, 4) is 21.8 Å². The van der Waals surface area contributed by atoms with Crippen LogP contribution in [0.1, 0.15) is 11.1 Å². The van der Waals surface area contributed by atoms with Crippen molar-refractivity contribution >= 4 is 28.1 Å². The number of nitrogens with zero attached hydrogens (tertiary/aromatic N) is 1.